The number of benzene rings is 3. The minimum Gasteiger partial charge on any atom is -0.497 e. The fourth-order valence-corrected chi connectivity index (χ4v) is 4.32. The molecule has 0 aliphatic carbocycles. The molecular formula is C25H22ClN3O2S. The molecule has 0 fully saturated rings. The Labute approximate surface area is 196 Å². The first-order valence-corrected chi connectivity index (χ1v) is 11.4. The number of methoxy groups -OCH3 is 1. The lowest BCUT2D eigenvalue weighted by Crippen LogP contribution is -2.14. The maximum absolute atomic E-state index is 12.5. The van der Waals surface area contributed by atoms with Gasteiger partial charge in [0, 0.05) is 27.7 Å². The summed E-state index contributed by atoms with van der Waals surface area (Å²) >= 11 is 7.31. The molecule has 0 unspecified atom stereocenters. The van der Waals surface area contributed by atoms with E-state index in [4.69, 9.17) is 21.3 Å². The van der Waals surface area contributed by atoms with Gasteiger partial charge >= 0.3 is 0 Å². The van der Waals surface area contributed by atoms with E-state index in [0.29, 0.717) is 10.7 Å². The number of aromatic nitrogens is 2. The topological polar surface area (TPSA) is 56.1 Å². The molecule has 4 rings (SSSR count). The molecule has 3 aromatic carbocycles. The van der Waals surface area contributed by atoms with Gasteiger partial charge in [0.05, 0.1) is 18.6 Å². The Kier molecular flexibility index (Phi) is 6.83. The van der Waals surface area contributed by atoms with Crippen molar-refractivity contribution in [1.29, 1.82) is 0 Å². The second kappa shape index (κ2) is 9.94. The fraction of sp³-hybridized carbons (Fsp3) is 0.120. The number of ether oxygens (including phenoxy) is 1. The monoisotopic (exact) mass is 463 g/mol. The zero-order chi connectivity index (χ0) is 22.5. The number of carbonyl (C=O) groups is 1. The van der Waals surface area contributed by atoms with Gasteiger partial charge in [0.2, 0.25) is 5.91 Å². The van der Waals surface area contributed by atoms with Gasteiger partial charge in [-0.05, 0) is 55.5 Å². The number of halogens is 1. The summed E-state index contributed by atoms with van der Waals surface area (Å²) in [7, 11) is 1.64. The number of hydrogen-bond acceptors (Lipinski definition) is 4. The highest BCUT2D eigenvalue weighted by Gasteiger charge is 2.18. The summed E-state index contributed by atoms with van der Waals surface area (Å²) in [5.41, 5.74) is 4.59. The summed E-state index contributed by atoms with van der Waals surface area (Å²) in [6.07, 6.45) is 0. The lowest BCUT2D eigenvalue weighted by atomic mass is 10.1. The van der Waals surface area contributed by atoms with E-state index in [9.17, 15) is 4.79 Å². The quantitative estimate of drug-likeness (QED) is 0.329. The highest BCUT2D eigenvalue weighted by molar-refractivity contribution is 7.99. The number of rotatable bonds is 7. The first-order valence-electron chi connectivity index (χ1n) is 10.0. The normalized spacial score (nSPS) is 10.7. The van der Waals surface area contributed by atoms with Gasteiger partial charge in [-0.2, -0.15) is 0 Å². The van der Waals surface area contributed by atoms with Crippen molar-refractivity contribution < 1.29 is 9.53 Å². The largest absolute Gasteiger partial charge is 0.497 e. The smallest absolute Gasteiger partial charge is 0.234 e. The van der Waals surface area contributed by atoms with Gasteiger partial charge in [-0.25, -0.2) is 4.98 Å². The second-order valence-electron chi connectivity index (χ2n) is 7.07. The van der Waals surface area contributed by atoms with E-state index >= 15 is 0 Å². The Bertz CT molecular complexity index is 1210. The SMILES string of the molecule is COc1ccc(-n2c(SCC(=O)Nc3ccc(Cl)cc3)nc(-c3ccccc3)c2C)cc1. The number of carbonyl (C=O) groups excluding carboxylic acids is 1. The molecule has 0 saturated heterocycles. The Morgan fingerprint density at radius 2 is 1.72 bits per heavy atom. The third kappa shape index (κ3) is 4.98. The van der Waals surface area contributed by atoms with E-state index in [1.165, 1.54) is 11.8 Å². The minimum absolute atomic E-state index is 0.111. The predicted octanol–water partition coefficient (Wildman–Crippen LogP) is 6.24. The first-order chi connectivity index (χ1) is 15.5. The van der Waals surface area contributed by atoms with Gasteiger partial charge in [-0.1, -0.05) is 53.7 Å². The summed E-state index contributed by atoms with van der Waals surface area (Å²) in [5, 5.41) is 4.27. The molecule has 0 saturated carbocycles. The Morgan fingerprint density at radius 3 is 2.38 bits per heavy atom. The van der Waals surface area contributed by atoms with Crippen molar-refractivity contribution in [2.24, 2.45) is 0 Å². The summed E-state index contributed by atoms with van der Waals surface area (Å²) < 4.78 is 7.36. The van der Waals surface area contributed by atoms with Crippen LogP contribution >= 0.6 is 23.4 Å². The van der Waals surface area contributed by atoms with Crippen molar-refractivity contribution in [2.75, 3.05) is 18.2 Å². The van der Waals surface area contributed by atoms with Gasteiger partial charge in [-0.15, -0.1) is 0 Å². The third-order valence-corrected chi connectivity index (χ3v) is 6.11. The van der Waals surface area contributed by atoms with Crippen LogP contribution in [-0.4, -0.2) is 28.3 Å². The molecule has 0 aliphatic heterocycles. The molecule has 1 N–H and O–H groups in total. The van der Waals surface area contributed by atoms with Gasteiger partial charge < -0.3 is 10.1 Å². The highest BCUT2D eigenvalue weighted by Crippen LogP contribution is 2.32. The molecule has 0 aliphatic rings. The van der Waals surface area contributed by atoms with Crippen LogP contribution in [0.15, 0.2) is 84.0 Å². The second-order valence-corrected chi connectivity index (χ2v) is 8.45. The van der Waals surface area contributed by atoms with Crippen molar-refractivity contribution in [3.8, 4) is 22.7 Å². The minimum atomic E-state index is -0.111. The summed E-state index contributed by atoms with van der Waals surface area (Å²) in [5.74, 6) is 0.899. The van der Waals surface area contributed by atoms with Crippen LogP contribution in [0, 0.1) is 6.92 Å². The van der Waals surface area contributed by atoms with E-state index in [-0.39, 0.29) is 11.7 Å². The van der Waals surface area contributed by atoms with Crippen LogP contribution in [0.5, 0.6) is 5.75 Å². The van der Waals surface area contributed by atoms with Gasteiger partial charge in [-0.3, -0.25) is 9.36 Å². The molecule has 5 nitrogen and oxygen atoms in total. The van der Waals surface area contributed by atoms with Gasteiger partial charge in [0.1, 0.15) is 5.75 Å². The molecule has 1 amide bonds. The van der Waals surface area contributed by atoms with E-state index in [2.05, 4.69) is 9.88 Å². The summed E-state index contributed by atoms with van der Waals surface area (Å²) in [4.78, 5) is 17.4. The van der Waals surface area contributed by atoms with E-state index in [0.717, 1.165) is 33.5 Å². The fourth-order valence-electron chi connectivity index (χ4n) is 3.34. The van der Waals surface area contributed by atoms with Crippen molar-refractivity contribution in [2.45, 2.75) is 12.1 Å². The molecule has 0 radical (unpaired) electrons. The summed E-state index contributed by atoms with van der Waals surface area (Å²) in [6.45, 7) is 2.04. The van der Waals surface area contributed by atoms with Crippen LogP contribution < -0.4 is 10.1 Å². The van der Waals surface area contributed by atoms with E-state index in [1.54, 1.807) is 31.4 Å². The average Bonchev–Trinajstić information content (AvgIpc) is 3.16. The van der Waals surface area contributed by atoms with Crippen LogP contribution in [0.1, 0.15) is 5.69 Å². The molecule has 4 aromatic rings. The first kappa shape index (κ1) is 22.0. The van der Waals surface area contributed by atoms with Crippen LogP contribution in [0.4, 0.5) is 5.69 Å². The van der Waals surface area contributed by atoms with Crippen LogP contribution in [0.3, 0.4) is 0 Å². The van der Waals surface area contributed by atoms with Gasteiger partial charge in [0.25, 0.3) is 0 Å². The average molecular weight is 464 g/mol. The van der Waals surface area contributed by atoms with Crippen molar-refractivity contribution in [1.82, 2.24) is 9.55 Å². The van der Waals surface area contributed by atoms with Crippen LogP contribution in [0.2, 0.25) is 5.02 Å². The standard InChI is InChI=1S/C25H22ClN3O2S/c1-17-24(18-6-4-3-5-7-18)28-25(29(17)21-12-14-22(31-2)15-13-21)32-16-23(30)27-20-10-8-19(26)9-11-20/h3-15H,16H2,1-2H3,(H,27,30). The number of anilines is 1. The predicted molar refractivity (Wildman–Crippen MR) is 131 cm³/mol. The molecule has 0 bridgehead atoms. The number of nitrogens with one attached hydrogen (secondary N) is 1. The van der Waals surface area contributed by atoms with Gasteiger partial charge in [0.15, 0.2) is 5.16 Å². The van der Waals surface area contributed by atoms with E-state index in [1.807, 2.05) is 61.5 Å². The number of hydrogen-bond donors (Lipinski definition) is 1. The Hall–Kier alpha value is -3.22. The lowest BCUT2D eigenvalue weighted by Gasteiger charge is -2.11. The number of thioether (sulfide) groups is 1. The number of nitrogens with zero attached hydrogens (tertiary/aromatic N) is 2. The molecule has 32 heavy (non-hydrogen) atoms. The Balaban J connectivity index is 1.62. The molecule has 1 heterocycles. The van der Waals surface area contributed by atoms with Crippen molar-refractivity contribution >= 4 is 35.0 Å². The summed E-state index contributed by atoms with van der Waals surface area (Å²) in [6, 6.07) is 24.9. The molecule has 0 spiro atoms. The number of amides is 1. The molecular weight excluding hydrogens is 442 g/mol. The molecule has 1 aromatic heterocycles. The maximum atomic E-state index is 12.5. The third-order valence-electron chi connectivity index (χ3n) is 4.92. The van der Waals surface area contributed by atoms with Crippen molar-refractivity contribution in [3.05, 3.63) is 89.6 Å². The number of imidazole rings is 1. The van der Waals surface area contributed by atoms with Crippen LogP contribution in [-0.2, 0) is 4.79 Å². The lowest BCUT2D eigenvalue weighted by molar-refractivity contribution is -0.113. The Morgan fingerprint density at radius 1 is 1.03 bits per heavy atom. The zero-order valence-corrected chi connectivity index (χ0v) is 19.3. The highest BCUT2D eigenvalue weighted by atomic mass is 35.5. The molecule has 0 atom stereocenters. The van der Waals surface area contributed by atoms with E-state index < -0.39 is 0 Å². The molecule has 162 valence electrons. The van der Waals surface area contributed by atoms with Crippen molar-refractivity contribution in [3.63, 3.8) is 0 Å². The maximum Gasteiger partial charge on any atom is 0.234 e. The zero-order valence-electron chi connectivity index (χ0n) is 17.7. The van der Waals surface area contributed by atoms with Crippen LogP contribution in [0.25, 0.3) is 16.9 Å². The molecule has 7 heteroatoms.